The van der Waals surface area contributed by atoms with Crippen LogP contribution in [0.3, 0.4) is 0 Å². The van der Waals surface area contributed by atoms with Gasteiger partial charge < -0.3 is 9.84 Å². The molecule has 20 heavy (non-hydrogen) atoms. The molecule has 2 rings (SSSR count). The molecule has 0 radical (unpaired) electrons. The lowest BCUT2D eigenvalue weighted by molar-refractivity contribution is -0.152. The maximum Gasteiger partial charge on any atom is 0.323 e. The van der Waals surface area contributed by atoms with Crippen LogP contribution in [-0.4, -0.2) is 47.3 Å². The van der Waals surface area contributed by atoms with Crippen LogP contribution in [0.4, 0.5) is 0 Å². The monoisotopic (exact) mass is 283 g/mol. The van der Waals surface area contributed by atoms with E-state index in [0.29, 0.717) is 18.6 Å². The van der Waals surface area contributed by atoms with E-state index in [2.05, 4.69) is 11.8 Å². The van der Waals surface area contributed by atoms with E-state index in [0.717, 1.165) is 45.1 Å². The molecular formula is C16H29NO3. The molecule has 2 fully saturated rings. The number of ether oxygens (including phenoxy) is 1. The Morgan fingerprint density at radius 1 is 1.25 bits per heavy atom. The summed E-state index contributed by atoms with van der Waals surface area (Å²) >= 11 is 0. The van der Waals surface area contributed by atoms with Gasteiger partial charge in [0.05, 0.1) is 12.7 Å². The Bertz CT molecular complexity index is 321. The number of rotatable bonds is 5. The topological polar surface area (TPSA) is 49.8 Å². The Morgan fingerprint density at radius 3 is 2.65 bits per heavy atom. The first-order chi connectivity index (χ1) is 9.69. The van der Waals surface area contributed by atoms with Crippen LogP contribution in [-0.2, 0) is 9.53 Å². The second-order valence-electron chi connectivity index (χ2n) is 6.14. The fraction of sp³-hybridized carbons (Fsp3) is 0.938. The first kappa shape index (κ1) is 15.8. The third-order valence-corrected chi connectivity index (χ3v) is 4.96. The smallest absolute Gasteiger partial charge is 0.323 e. The van der Waals surface area contributed by atoms with Crippen molar-refractivity contribution in [3.8, 4) is 0 Å². The second kappa shape index (κ2) is 7.41. The standard InChI is InChI=1S/C16H29NO3/c1-3-13(16(19)20-4-2)17-11-6-5-9-14(17)12-8-7-10-15(12)18/h12-15,18H,3-11H2,1-2H3. The number of esters is 1. The molecule has 0 aromatic heterocycles. The zero-order valence-corrected chi connectivity index (χ0v) is 12.9. The van der Waals surface area contributed by atoms with E-state index in [9.17, 15) is 9.90 Å². The molecule has 1 saturated heterocycles. The molecule has 2 aliphatic rings. The maximum absolute atomic E-state index is 12.2. The van der Waals surface area contributed by atoms with E-state index in [-0.39, 0.29) is 18.1 Å². The molecule has 0 aromatic rings. The second-order valence-corrected chi connectivity index (χ2v) is 6.14. The summed E-state index contributed by atoms with van der Waals surface area (Å²) in [6.07, 6.45) is 7.22. The van der Waals surface area contributed by atoms with E-state index in [1.165, 1.54) is 6.42 Å². The Labute approximate surface area is 122 Å². The highest BCUT2D eigenvalue weighted by atomic mass is 16.5. The van der Waals surface area contributed by atoms with Gasteiger partial charge in [-0.15, -0.1) is 0 Å². The van der Waals surface area contributed by atoms with Gasteiger partial charge in [0.25, 0.3) is 0 Å². The van der Waals surface area contributed by atoms with Crippen LogP contribution in [0.25, 0.3) is 0 Å². The minimum atomic E-state index is -0.180. The van der Waals surface area contributed by atoms with Crippen LogP contribution in [0.5, 0.6) is 0 Å². The number of carbonyl (C=O) groups excluding carboxylic acids is 1. The number of aliphatic hydroxyl groups is 1. The molecule has 0 aromatic carbocycles. The number of piperidine rings is 1. The van der Waals surface area contributed by atoms with Crippen molar-refractivity contribution in [3.63, 3.8) is 0 Å². The largest absolute Gasteiger partial charge is 0.465 e. The summed E-state index contributed by atoms with van der Waals surface area (Å²) in [4.78, 5) is 14.5. The normalized spacial score (nSPS) is 33.0. The van der Waals surface area contributed by atoms with Crippen molar-refractivity contribution >= 4 is 5.97 Å². The maximum atomic E-state index is 12.2. The SMILES string of the molecule is CCOC(=O)C(CC)N1CCCCC1C1CCCC1O. The van der Waals surface area contributed by atoms with Gasteiger partial charge in [-0.2, -0.15) is 0 Å². The van der Waals surface area contributed by atoms with Gasteiger partial charge in [-0.1, -0.05) is 19.8 Å². The van der Waals surface area contributed by atoms with Crippen LogP contribution in [0.2, 0.25) is 0 Å². The van der Waals surface area contributed by atoms with Gasteiger partial charge in [-0.3, -0.25) is 9.69 Å². The highest BCUT2D eigenvalue weighted by molar-refractivity contribution is 5.75. The van der Waals surface area contributed by atoms with Gasteiger partial charge in [0, 0.05) is 12.0 Å². The van der Waals surface area contributed by atoms with Crippen molar-refractivity contribution < 1.29 is 14.6 Å². The number of aliphatic hydroxyl groups excluding tert-OH is 1. The predicted octanol–water partition coefficient (Wildman–Crippen LogP) is 2.34. The fourth-order valence-electron chi connectivity index (χ4n) is 4.02. The lowest BCUT2D eigenvalue weighted by Gasteiger charge is -2.43. The molecule has 1 aliphatic heterocycles. The van der Waals surface area contributed by atoms with Crippen molar-refractivity contribution in [3.05, 3.63) is 0 Å². The fourth-order valence-corrected chi connectivity index (χ4v) is 4.02. The van der Waals surface area contributed by atoms with Crippen molar-refractivity contribution in [2.75, 3.05) is 13.2 Å². The Hall–Kier alpha value is -0.610. The third kappa shape index (κ3) is 3.34. The third-order valence-electron chi connectivity index (χ3n) is 4.96. The van der Waals surface area contributed by atoms with Gasteiger partial charge in [0.1, 0.15) is 6.04 Å². The molecule has 4 nitrogen and oxygen atoms in total. The Kier molecular flexibility index (Phi) is 5.85. The van der Waals surface area contributed by atoms with Crippen molar-refractivity contribution in [2.45, 2.75) is 77.0 Å². The molecule has 4 atom stereocenters. The molecule has 116 valence electrons. The van der Waals surface area contributed by atoms with Crippen LogP contribution in [0, 0.1) is 5.92 Å². The summed E-state index contributed by atoms with van der Waals surface area (Å²) < 4.78 is 5.24. The highest BCUT2D eigenvalue weighted by Gasteiger charge is 2.41. The van der Waals surface area contributed by atoms with Crippen LogP contribution in [0.15, 0.2) is 0 Å². The molecule has 4 heteroatoms. The van der Waals surface area contributed by atoms with E-state index in [1.807, 2.05) is 6.92 Å². The van der Waals surface area contributed by atoms with Crippen molar-refractivity contribution in [2.24, 2.45) is 5.92 Å². The molecule has 0 spiro atoms. The molecule has 4 unspecified atom stereocenters. The molecular weight excluding hydrogens is 254 g/mol. The van der Waals surface area contributed by atoms with Crippen molar-refractivity contribution in [1.82, 2.24) is 4.90 Å². The van der Waals surface area contributed by atoms with Gasteiger partial charge >= 0.3 is 5.97 Å². The number of likely N-dealkylation sites (tertiary alicyclic amines) is 1. The Balaban J connectivity index is 2.10. The molecule has 1 aliphatic carbocycles. The van der Waals surface area contributed by atoms with Gasteiger partial charge in [-0.05, 0) is 45.6 Å². The minimum absolute atomic E-state index is 0.0885. The van der Waals surface area contributed by atoms with Gasteiger partial charge in [-0.25, -0.2) is 0 Å². The van der Waals surface area contributed by atoms with Crippen LogP contribution >= 0.6 is 0 Å². The van der Waals surface area contributed by atoms with Gasteiger partial charge in [0.2, 0.25) is 0 Å². The number of hydrogen-bond acceptors (Lipinski definition) is 4. The minimum Gasteiger partial charge on any atom is -0.465 e. The van der Waals surface area contributed by atoms with Crippen LogP contribution in [0.1, 0.15) is 58.8 Å². The average molecular weight is 283 g/mol. The number of nitrogens with zero attached hydrogens (tertiary/aromatic N) is 1. The average Bonchev–Trinajstić information content (AvgIpc) is 2.87. The quantitative estimate of drug-likeness (QED) is 0.787. The molecule has 1 N–H and O–H groups in total. The van der Waals surface area contributed by atoms with Gasteiger partial charge in [0.15, 0.2) is 0 Å². The summed E-state index contributed by atoms with van der Waals surface area (Å²) in [6, 6.07) is 0.226. The van der Waals surface area contributed by atoms with E-state index in [1.54, 1.807) is 0 Å². The Morgan fingerprint density at radius 2 is 2.05 bits per heavy atom. The van der Waals surface area contributed by atoms with E-state index >= 15 is 0 Å². The van der Waals surface area contributed by atoms with Crippen LogP contribution < -0.4 is 0 Å². The lowest BCUT2D eigenvalue weighted by Crippen LogP contribution is -2.54. The number of carbonyl (C=O) groups is 1. The lowest BCUT2D eigenvalue weighted by atomic mass is 9.86. The summed E-state index contributed by atoms with van der Waals surface area (Å²) in [5.41, 5.74) is 0. The summed E-state index contributed by atoms with van der Waals surface area (Å²) in [6.45, 7) is 5.32. The van der Waals surface area contributed by atoms with E-state index in [4.69, 9.17) is 4.74 Å². The number of hydrogen-bond donors (Lipinski definition) is 1. The molecule has 0 bridgehead atoms. The summed E-state index contributed by atoms with van der Waals surface area (Å²) in [7, 11) is 0. The first-order valence-corrected chi connectivity index (χ1v) is 8.29. The molecule has 0 amide bonds. The predicted molar refractivity (Wildman–Crippen MR) is 78.4 cm³/mol. The molecule has 1 saturated carbocycles. The van der Waals surface area contributed by atoms with Crippen molar-refractivity contribution in [1.29, 1.82) is 0 Å². The zero-order chi connectivity index (χ0) is 14.5. The van der Waals surface area contributed by atoms with E-state index < -0.39 is 0 Å². The summed E-state index contributed by atoms with van der Waals surface area (Å²) in [5.74, 6) is 0.258. The first-order valence-electron chi connectivity index (χ1n) is 8.29. The zero-order valence-electron chi connectivity index (χ0n) is 12.9. The highest BCUT2D eigenvalue weighted by Crippen LogP contribution is 2.36. The summed E-state index contributed by atoms with van der Waals surface area (Å²) in [5, 5.41) is 10.2. The molecule has 1 heterocycles.